The number of thiazole rings is 1. The standard InChI is InChI=1S/C25H29N3O2S/c1-17(2)14-22(24(29)30)21-15-19(18-6-4-3-5-7-18)8-9-20(21)23-16-31-25(27-23)28-12-10-26-11-13-28/h3-9,15-17,22,26H,10-14H2,1-2H3,(H,29,30). The molecular formula is C25H29N3O2S. The van der Waals surface area contributed by atoms with Crippen molar-refractivity contribution in [2.45, 2.75) is 26.2 Å². The first-order valence-corrected chi connectivity index (χ1v) is 11.7. The lowest BCUT2D eigenvalue weighted by Crippen LogP contribution is -2.43. The number of benzene rings is 2. The number of aliphatic carboxylic acids is 1. The summed E-state index contributed by atoms with van der Waals surface area (Å²) in [6, 6.07) is 16.3. The monoisotopic (exact) mass is 435 g/mol. The molecule has 6 heteroatoms. The number of carboxylic acid groups (broad SMARTS) is 1. The number of hydrogen-bond donors (Lipinski definition) is 2. The van der Waals surface area contributed by atoms with Crippen LogP contribution >= 0.6 is 11.3 Å². The summed E-state index contributed by atoms with van der Waals surface area (Å²) in [5, 5.41) is 16.5. The third kappa shape index (κ3) is 4.97. The van der Waals surface area contributed by atoms with Crippen molar-refractivity contribution in [1.82, 2.24) is 10.3 Å². The Morgan fingerprint density at radius 1 is 1.13 bits per heavy atom. The summed E-state index contributed by atoms with van der Waals surface area (Å²) in [6.07, 6.45) is 0.593. The Morgan fingerprint density at radius 3 is 2.55 bits per heavy atom. The van der Waals surface area contributed by atoms with Gasteiger partial charge in [0.05, 0.1) is 11.6 Å². The van der Waals surface area contributed by atoms with Gasteiger partial charge in [0.15, 0.2) is 5.13 Å². The summed E-state index contributed by atoms with van der Waals surface area (Å²) in [7, 11) is 0. The molecule has 1 fully saturated rings. The Morgan fingerprint density at radius 2 is 1.87 bits per heavy atom. The van der Waals surface area contributed by atoms with Crippen molar-refractivity contribution in [3.8, 4) is 22.4 Å². The van der Waals surface area contributed by atoms with Crippen molar-refractivity contribution in [2.75, 3.05) is 31.1 Å². The van der Waals surface area contributed by atoms with E-state index < -0.39 is 11.9 Å². The summed E-state index contributed by atoms with van der Waals surface area (Å²) in [4.78, 5) is 19.5. The maximum atomic E-state index is 12.3. The number of nitrogens with one attached hydrogen (secondary N) is 1. The highest BCUT2D eigenvalue weighted by molar-refractivity contribution is 7.14. The molecule has 2 N–H and O–H groups in total. The van der Waals surface area contributed by atoms with Gasteiger partial charge in [0.2, 0.25) is 0 Å². The summed E-state index contributed by atoms with van der Waals surface area (Å²) >= 11 is 1.63. The molecule has 0 bridgehead atoms. The van der Waals surface area contributed by atoms with Crippen LogP contribution in [0.2, 0.25) is 0 Å². The number of piperazine rings is 1. The summed E-state index contributed by atoms with van der Waals surface area (Å²) < 4.78 is 0. The summed E-state index contributed by atoms with van der Waals surface area (Å²) in [6.45, 7) is 7.95. The molecule has 1 aliphatic heterocycles. The summed E-state index contributed by atoms with van der Waals surface area (Å²) in [5.41, 5.74) is 4.75. The van der Waals surface area contributed by atoms with E-state index in [1.54, 1.807) is 11.3 Å². The molecule has 1 saturated heterocycles. The normalized spacial score (nSPS) is 15.3. The van der Waals surface area contributed by atoms with E-state index in [4.69, 9.17) is 4.98 Å². The molecule has 2 heterocycles. The van der Waals surface area contributed by atoms with Gasteiger partial charge in [0, 0.05) is 37.1 Å². The molecule has 162 valence electrons. The number of hydrogen-bond acceptors (Lipinski definition) is 5. The van der Waals surface area contributed by atoms with Crippen molar-refractivity contribution >= 4 is 22.4 Å². The van der Waals surface area contributed by atoms with Crippen LogP contribution in [-0.2, 0) is 4.79 Å². The molecule has 0 saturated carbocycles. The first-order chi connectivity index (χ1) is 15.0. The minimum atomic E-state index is -0.780. The zero-order valence-corrected chi connectivity index (χ0v) is 18.9. The average molecular weight is 436 g/mol. The van der Waals surface area contributed by atoms with E-state index in [2.05, 4.69) is 53.7 Å². The fraction of sp³-hybridized carbons (Fsp3) is 0.360. The largest absolute Gasteiger partial charge is 0.481 e. The zero-order chi connectivity index (χ0) is 21.8. The van der Waals surface area contributed by atoms with Gasteiger partial charge in [-0.25, -0.2) is 4.98 Å². The number of carbonyl (C=O) groups is 1. The van der Waals surface area contributed by atoms with E-state index in [1.165, 1.54) is 0 Å². The maximum Gasteiger partial charge on any atom is 0.311 e. The molecule has 31 heavy (non-hydrogen) atoms. The van der Waals surface area contributed by atoms with Crippen LogP contribution in [-0.4, -0.2) is 42.2 Å². The number of aromatic nitrogens is 1. The second kappa shape index (κ2) is 9.62. The summed E-state index contributed by atoms with van der Waals surface area (Å²) in [5.74, 6) is -1.07. The van der Waals surface area contributed by atoms with E-state index in [0.717, 1.165) is 59.3 Å². The first-order valence-electron chi connectivity index (χ1n) is 10.9. The number of nitrogens with zero attached hydrogens (tertiary/aromatic N) is 2. The van der Waals surface area contributed by atoms with Gasteiger partial charge < -0.3 is 15.3 Å². The van der Waals surface area contributed by atoms with Crippen molar-refractivity contribution < 1.29 is 9.90 Å². The van der Waals surface area contributed by atoms with Gasteiger partial charge >= 0.3 is 5.97 Å². The Kier molecular flexibility index (Phi) is 6.68. The third-order valence-corrected chi connectivity index (χ3v) is 6.60. The van der Waals surface area contributed by atoms with Crippen LogP contribution in [0.1, 0.15) is 31.7 Å². The number of rotatable bonds is 7. The van der Waals surface area contributed by atoms with Crippen molar-refractivity contribution in [3.63, 3.8) is 0 Å². The molecule has 1 atom stereocenters. The molecule has 1 aliphatic rings. The van der Waals surface area contributed by atoms with E-state index in [9.17, 15) is 9.90 Å². The molecule has 0 aliphatic carbocycles. The van der Waals surface area contributed by atoms with Crippen LogP contribution in [0.3, 0.4) is 0 Å². The molecule has 1 unspecified atom stereocenters. The molecule has 0 amide bonds. The maximum absolute atomic E-state index is 12.3. The minimum absolute atomic E-state index is 0.279. The van der Waals surface area contributed by atoms with E-state index >= 15 is 0 Å². The van der Waals surface area contributed by atoms with Crippen LogP contribution in [0.4, 0.5) is 5.13 Å². The first kappa shape index (κ1) is 21.5. The van der Waals surface area contributed by atoms with Crippen LogP contribution in [0.25, 0.3) is 22.4 Å². The van der Waals surface area contributed by atoms with Crippen LogP contribution in [0.15, 0.2) is 53.9 Å². The molecule has 5 nitrogen and oxygen atoms in total. The topological polar surface area (TPSA) is 65.5 Å². The van der Waals surface area contributed by atoms with E-state index in [1.807, 2.05) is 24.3 Å². The van der Waals surface area contributed by atoms with Crippen LogP contribution in [0, 0.1) is 5.92 Å². The number of carboxylic acids is 1. The van der Waals surface area contributed by atoms with E-state index in [0.29, 0.717) is 6.42 Å². The fourth-order valence-corrected chi connectivity index (χ4v) is 5.00. The smallest absolute Gasteiger partial charge is 0.311 e. The highest BCUT2D eigenvalue weighted by Gasteiger charge is 2.26. The molecule has 0 spiro atoms. The lowest BCUT2D eigenvalue weighted by Gasteiger charge is -2.26. The van der Waals surface area contributed by atoms with Crippen LogP contribution in [0.5, 0.6) is 0 Å². The second-order valence-electron chi connectivity index (χ2n) is 8.44. The molecule has 3 aromatic rings. The Bertz CT molecular complexity index is 1030. The highest BCUT2D eigenvalue weighted by Crippen LogP contribution is 2.38. The van der Waals surface area contributed by atoms with Crippen molar-refractivity contribution in [2.24, 2.45) is 5.92 Å². The van der Waals surface area contributed by atoms with Crippen LogP contribution < -0.4 is 10.2 Å². The van der Waals surface area contributed by atoms with Gasteiger partial charge in [-0.15, -0.1) is 11.3 Å². The average Bonchev–Trinajstić information content (AvgIpc) is 3.28. The molecule has 2 aromatic carbocycles. The van der Waals surface area contributed by atoms with Gasteiger partial charge in [-0.1, -0.05) is 56.3 Å². The highest BCUT2D eigenvalue weighted by atomic mass is 32.1. The van der Waals surface area contributed by atoms with Gasteiger partial charge in [0.25, 0.3) is 0 Å². The van der Waals surface area contributed by atoms with Gasteiger partial charge in [-0.3, -0.25) is 4.79 Å². The van der Waals surface area contributed by atoms with Gasteiger partial charge in [-0.2, -0.15) is 0 Å². The van der Waals surface area contributed by atoms with E-state index in [-0.39, 0.29) is 5.92 Å². The Balaban J connectivity index is 1.77. The minimum Gasteiger partial charge on any atom is -0.481 e. The zero-order valence-electron chi connectivity index (χ0n) is 18.0. The SMILES string of the molecule is CC(C)CC(C(=O)O)c1cc(-c2ccccc2)ccc1-c1csc(N2CCNCC2)n1. The van der Waals surface area contributed by atoms with Crippen molar-refractivity contribution in [1.29, 1.82) is 0 Å². The lowest BCUT2D eigenvalue weighted by molar-refractivity contribution is -0.139. The molecule has 4 rings (SSSR count). The third-order valence-electron chi connectivity index (χ3n) is 5.69. The molecule has 0 radical (unpaired) electrons. The molecular weight excluding hydrogens is 406 g/mol. The second-order valence-corrected chi connectivity index (χ2v) is 9.28. The van der Waals surface area contributed by atoms with Gasteiger partial charge in [0.1, 0.15) is 0 Å². The van der Waals surface area contributed by atoms with Crippen molar-refractivity contribution in [3.05, 3.63) is 59.5 Å². The predicted molar refractivity (Wildman–Crippen MR) is 128 cm³/mol. The quantitative estimate of drug-likeness (QED) is 0.540. The fourth-order valence-electron chi connectivity index (χ4n) is 4.12. The Labute approximate surface area is 187 Å². The van der Waals surface area contributed by atoms with Gasteiger partial charge in [-0.05, 0) is 35.1 Å². The lowest BCUT2D eigenvalue weighted by atomic mass is 9.85. The molecule has 1 aromatic heterocycles. The predicted octanol–water partition coefficient (Wildman–Crippen LogP) is 5.10. The number of anilines is 1. The Hall–Kier alpha value is -2.70.